The first-order valence-corrected chi connectivity index (χ1v) is 7.70. The molecule has 2 aromatic rings. The predicted molar refractivity (Wildman–Crippen MR) is 88.7 cm³/mol. The van der Waals surface area contributed by atoms with Crippen LogP contribution in [0, 0.1) is 0 Å². The first-order chi connectivity index (χ1) is 12.3. The quantitative estimate of drug-likeness (QED) is 0.760. The number of benzene rings is 1. The number of nitrogens with zero attached hydrogens (tertiary/aromatic N) is 2. The molecule has 1 aromatic carbocycles. The minimum absolute atomic E-state index is 0.0453. The third-order valence-electron chi connectivity index (χ3n) is 3.65. The van der Waals surface area contributed by atoms with Crippen LogP contribution in [-0.2, 0) is 11.3 Å². The molecule has 0 bridgehead atoms. The number of aromatic nitrogens is 2. The molecular formula is C16H20F3N3O4. The van der Waals surface area contributed by atoms with Crippen molar-refractivity contribution in [3.63, 3.8) is 0 Å². The summed E-state index contributed by atoms with van der Waals surface area (Å²) in [7, 11) is 4.28. The lowest BCUT2D eigenvalue weighted by Gasteiger charge is -2.22. The third kappa shape index (κ3) is 5.09. The summed E-state index contributed by atoms with van der Waals surface area (Å²) < 4.78 is 53.4. The average molecular weight is 375 g/mol. The molecule has 2 rings (SSSR count). The van der Waals surface area contributed by atoms with Crippen LogP contribution in [0.2, 0.25) is 0 Å². The van der Waals surface area contributed by atoms with Crippen LogP contribution in [0.5, 0.6) is 11.5 Å². The Labute approximate surface area is 147 Å². The van der Waals surface area contributed by atoms with Gasteiger partial charge in [-0.05, 0) is 6.07 Å². The van der Waals surface area contributed by atoms with Gasteiger partial charge in [-0.1, -0.05) is 0 Å². The van der Waals surface area contributed by atoms with Crippen LogP contribution >= 0.6 is 0 Å². The maximum atomic E-state index is 12.7. The summed E-state index contributed by atoms with van der Waals surface area (Å²) in [6.45, 7) is -1.14. The molecular weight excluding hydrogens is 355 g/mol. The van der Waals surface area contributed by atoms with E-state index in [0.29, 0.717) is 17.0 Å². The van der Waals surface area contributed by atoms with E-state index in [2.05, 4.69) is 9.97 Å². The number of H-pyrrole nitrogens is 1. The van der Waals surface area contributed by atoms with Gasteiger partial charge in [0.2, 0.25) is 0 Å². The second-order valence-corrected chi connectivity index (χ2v) is 5.56. The van der Waals surface area contributed by atoms with E-state index in [-0.39, 0.29) is 30.9 Å². The van der Waals surface area contributed by atoms with E-state index in [1.807, 2.05) is 0 Å². The summed E-state index contributed by atoms with van der Waals surface area (Å²) in [6, 6.07) is 2.98. The van der Waals surface area contributed by atoms with Crippen LogP contribution in [0.4, 0.5) is 13.2 Å². The lowest BCUT2D eigenvalue weighted by Crippen LogP contribution is -2.37. The average Bonchev–Trinajstić information content (AvgIpc) is 2.57. The third-order valence-corrected chi connectivity index (χ3v) is 3.65. The van der Waals surface area contributed by atoms with Crippen molar-refractivity contribution in [2.75, 3.05) is 41.0 Å². The van der Waals surface area contributed by atoms with Gasteiger partial charge in [-0.3, -0.25) is 9.69 Å². The molecule has 0 amide bonds. The van der Waals surface area contributed by atoms with Crippen molar-refractivity contribution in [3.8, 4) is 11.5 Å². The van der Waals surface area contributed by atoms with Crippen molar-refractivity contribution in [2.24, 2.45) is 0 Å². The van der Waals surface area contributed by atoms with Gasteiger partial charge in [0.05, 0.1) is 44.8 Å². The standard InChI is InChI=1S/C16H20F3N3O4/c1-24-5-4-22(9-16(17,18)19)8-14-20-11-7-13(26-3)12(25-2)6-10(11)15(23)21-14/h6-7H,4-5,8-9H2,1-3H3,(H,20,21,23). The van der Waals surface area contributed by atoms with Crippen molar-refractivity contribution >= 4 is 10.9 Å². The van der Waals surface area contributed by atoms with Crippen LogP contribution in [-0.4, -0.2) is 62.1 Å². The van der Waals surface area contributed by atoms with Crippen molar-refractivity contribution in [1.82, 2.24) is 14.9 Å². The monoisotopic (exact) mass is 375 g/mol. The number of ether oxygens (including phenoxy) is 3. The van der Waals surface area contributed by atoms with Gasteiger partial charge in [0, 0.05) is 19.7 Å². The molecule has 0 atom stereocenters. The highest BCUT2D eigenvalue weighted by atomic mass is 19.4. The topological polar surface area (TPSA) is 76.7 Å². The number of fused-ring (bicyclic) bond motifs is 1. The van der Waals surface area contributed by atoms with Crippen molar-refractivity contribution in [3.05, 3.63) is 28.3 Å². The molecule has 0 fully saturated rings. The molecule has 1 aromatic heterocycles. The van der Waals surface area contributed by atoms with Crippen LogP contribution < -0.4 is 15.0 Å². The van der Waals surface area contributed by atoms with Gasteiger partial charge in [0.15, 0.2) is 11.5 Å². The van der Waals surface area contributed by atoms with Gasteiger partial charge in [0.25, 0.3) is 5.56 Å². The molecule has 144 valence electrons. The number of halogens is 3. The Kier molecular flexibility index (Phi) is 6.43. The number of methoxy groups -OCH3 is 3. The Balaban J connectivity index is 2.37. The van der Waals surface area contributed by atoms with Crippen LogP contribution in [0.25, 0.3) is 10.9 Å². The molecule has 0 aliphatic carbocycles. The fourth-order valence-electron chi connectivity index (χ4n) is 2.49. The Morgan fingerprint density at radius 3 is 2.38 bits per heavy atom. The predicted octanol–water partition coefficient (Wildman–Crippen LogP) is 1.95. The molecule has 0 saturated heterocycles. The van der Waals surface area contributed by atoms with Crippen LogP contribution in [0.3, 0.4) is 0 Å². The lowest BCUT2D eigenvalue weighted by molar-refractivity contribution is -0.148. The summed E-state index contributed by atoms with van der Waals surface area (Å²) in [4.78, 5) is 20.2. The fraction of sp³-hybridized carbons (Fsp3) is 0.500. The maximum absolute atomic E-state index is 12.7. The zero-order chi connectivity index (χ0) is 19.3. The van der Waals surface area contributed by atoms with Gasteiger partial charge in [-0.15, -0.1) is 0 Å². The minimum Gasteiger partial charge on any atom is -0.493 e. The molecule has 7 nitrogen and oxygen atoms in total. The Morgan fingerprint density at radius 1 is 1.15 bits per heavy atom. The van der Waals surface area contributed by atoms with Gasteiger partial charge < -0.3 is 19.2 Å². The van der Waals surface area contributed by atoms with E-state index >= 15 is 0 Å². The van der Waals surface area contributed by atoms with E-state index in [0.717, 1.165) is 4.90 Å². The number of hydrogen-bond acceptors (Lipinski definition) is 6. The smallest absolute Gasteiger partial charge is 0.401 e. The molecule has 0 aliphatic heterocycles. The van der Waals surface area contributed by atoms with E-state index in [9.17, 15) is 18.0 Å². The zero-order valence-corrected chi connectivity index (χ0v) is 14.6. The summed E-state index contributed by atoms with van der Waals surface area (Å²) in [5.41, 5.74) is -0.162. The molecule has 26 heavy (non-hydrogen) atoms. The van der Waals surface area contributed by atoms with Gasteiger partial charge in [-0.25, -0.2) is 4.98 Å². The largest absolute Gasteiger partial charge is 0.493 e. The molecule has 10 heteroatoms. The Hall–Kier alpha value is -2.33. The van der Waals surface area contributed by atoms with Crippen LogP contribution in [0.1, 0.15) is 5.82 Å². The Bertz CT molecular complexity index is 808. The van der Waals surface area contributed by atoms with E-state index in [4.69, 9.17) is 14.2 Å². The summed E-state index contributed by atoms with van der Waals surface area (Å²) in [5, 5.41) is 0.255. The first-order valence-electron chi connectivity index (χ1n) is 7.70. The van der Waals surface area contributed by atoms with Crippen LogP contribution in [0.15, 0.2) is 16.9 Å². The molecule has 0 unspecified atom stereocenters. The highest BCUT2D eigenvalue weighted by Crippen LogP contribution is 2.30. The van der Waals surface area contributed by atoms with Crippen molar-refractivity contribution < 1.29 is 27.4 Å². The van der Waals surface area contributed by atoms with Gasteiger partial charge in [0.1, 0.15) is 5.82 Å². The number of nitrogens with one attached hydrogen (secondary N) is 1. The highest BCUT2D eigenvalue weighted by Gasteiger charge is 2.31. The summed E-state index contributed by atoms with van der Waals surface area (Å²) in [6.07, 6.45) is -4.37. The fourth-order valence-corrected chi connectivity index (χ4v) is 2.49. The number of rotatable bonds is 8. The summed E-state index contributed by atoms with van der Waals surface area (Å²) >= 11 is 0. The second kappa shape index (κ2) is 8.37. The molecule has 0 saturated carbocycles. The molecule has 0 radical (unpaired) electrons. The zero-order valence-electron chi connectivity index (χ0n) is 14.6. The molecule has 0 aliphatic rings. The maximum Gasteiger partial charge on any atom is 0.401 e. The summed E-state index contributed by atoms with van der Waals surface area (Å²) in [5.74, 6) is 0.851. The molecule has 1 heterocycles. The number of aromatic amines is 1. The second-order valence-electron chi connectivity index (χ2n) is 5.56. The number of alkyl halides is 3. The van der Waals surface area contributed by atoms with Gasteiger partial charge >= 0.3 is 6.18 Å². The Morgan fingerprint density at radius 2 is 1.81 bits per heavy atom. The highest BCUT2D eigenvalue weighted by molar-refractivity contribution is 5.81. The van der Waals surface area contributed by atoms with E-state index in [1.165, 1.54) is 33.5 Å². The SMILES string of the molecule is COCCN(Cc1nc2cc(OC)c(OC)cc2c(=O)[nH]1)CC(F)(F)F. The van der Waals surface area contributed by atoms with Crippen molar-refractivity contribution in [1.29, 1.82) is 0 Å². The van der Waals surface area contributed by atoms with Crippen molar-refractivity contribution in [2.45, 2.75) is 12.7 Å². The normalized spacial score (nSPS) is 12.0. The van der Waals surface area contributed by atoms with Gasteiger partial charge in [-0.2, -0.15) is 13.2 Å². The van der Waals surface area contributed by atoms with E-state index < -0.39 is 18.3 Å². The van der Waals surface area contributed by atoms with E-state index in [1.54, 1.807) is 0 Å². The number of hydrogen-bond donors (Lipinski definition) is 1. The molecule has 0 spiro atoms. The molecule has 1 N–H and O–H groups in total. The lowest BCUT2D eigenvalue weighted by atomic mass is 10.2. The minimum atomic E-state index is -4.37. The first kappa shape index (κ1) is 20.0.